The van der Waals surface area contributed by atoms with Crippen LogP contribution in [0.3, 0.4) is 0 Å². The largest absolute Gasteiger partial charge is 0.371 e. The van der Waals surface area contributed by atoms with Gasteiger partial charge in [0.05, 0.1) is 0 Å². The van der Waals surface area contributed by atoms with Gasteiger partial charge in [0.15, 0.2) is 0 Å². The van der Waals surface area contributed by atoms with Crippen LogP contribution in [0.1, 0.15) is 16.7 Å². The van der Waals surface area contributed by atoms with Crippen molar-refractivity contribution in [3.63, 3.8) is 0 Å². The minimum absolute atomic E-state index is 0.552. The molecule has 0 spiro atoms. The van der Waals surface area contributed by atoms with Crippen molar-refractivity contribution in [1.29, 1.82) is 0 Å². The Hall–Kier alpha value is -1.51. The molecule has 2 N–H and O–H groups in total. The second kappa shape index (κ2) is 5.86. The smallest absolute Gasteiger partial charge is 0.0426 e. The van der Waals surface area contributed by atoms with Crippen molar-refractivity contribution < 1.29 is 0 Å². The summed E-state index contributed by atoms with van der Waals surface area (Å²) in [5.41, 5.74) is 11.1. The summed E-state index contributed by atoms with van der Waals surface area (Å²) >= 11 is 6.16. The third-order valence-corrected chi connectivity index (χ3v) is 4.26. The molecule has 1 aliphatic rings. The lowest BCUT2D eigenvalue weighted by atomic mass is 10.0. The number of hydrogen-bond donors (Lipinski definition) is 1. The second-order valence-corrected chi connectivity index (χ2v) is 5.67. The van der Waals surface area contributed by atoms with Gasteiger partial charge >= 0.3 is 0 Å². The minimum atomic E-state index is 0.552. The summed E-state index contributed by atoms with van der Waals surface area (Å²) < 4.78 is 0. The average Bonchev–Trinajstić information content (AvgIpc) is 2.70. The molecule has 0 amide bonds. The SMILES string of the molecule is NCc1ccc(Cl)cc1N1CCc2ccccc2CC1. The van der Waals surface area contributed by atoms with Gasteiger partial charge in [-0.25, -0.2) is 0 Å². The first-order valence-electron chi connectivity index (χ1n) is 7.08. The molecule has 2 nitrogen and oxygen atoms in total. The zero-order chi connectivity index (χ0) is 13.9. The fourth-order valence-electron chi connectivity index (χ4n) is 2.91. The van der Waals surface area contributed by atoms with Gasteiger partial charge in [0.25, 0.3) is 0 Å². The van der Waals surface area contributed by atoms with Crippen LogP contribution < -0.4 is 10.6 Å². The van der Waals surface area contributed by atoms with Gasteiger partial charge in [0.2, 0.25) is 0 Å². The standard InChI is InChI=1S/C17H19ClN2/c18-16-6-5-15(12-19)17(11-16)20-9-7-13-3-1-2-4-14(13)8-10-20/h1-6,11H,7-10,12,19H2. The lowest BCUT2D eigenvalue weighted by molar-refractivity contribution is 0.798. The Bertz CT molecular complexity index is 583. The van der Waals surface area contributed by atoms with Gasteiger partial charge < -0.3 is 10.6 Å². The van der Waals surface area contributed by atoms with Crippen molar-refractivity contribution in [2.45, 2.75) is 19.4 Å². The maximum absolute atomic E-state index is 6.16. The van der Waals surface area contributed by atoms with E-state index in [0.717, 1.165) is 31.0 Å². The molecular weight excluding hydrogens is 268 g/mol. The summed E-state index contributed by atoms with van der Waals surface area (Å²) in [6.07, 6.45) is 2.15. The quantitative estimate of drug-likeness (QED) is 0.917. The van der Waals surface area contributed by atoms with Crippen LogP contribution in [0, 0.1) is 0 Å². The molecule has 0 aliphatic carbocycles. The van der Waals surface area contributed by atoms with E-state index >= 15 is 0 Å². The highest BCUT2D eigenvalue weighted by molar-refractivity contribution is 6.30. The van der Waals surface area contributed by atoms with Gasteiger partial charge in [-0.2, -0.15) is 0 Å². The van der Waals surface area contributed by atoms with Gasteiger partial charge in [-0.1, -0.05) is 41.9 Å². The monoisotopic (exact) mass is 286 g/mol. The second-order valence-electron chi connectivity index (χ2n) is 5.23. The van der Waals surface area contributed by atoms with Gasteiger partial charge in [-0.15, -0.1) is 0 Å². The summed E-state index contributed by atoms with van der Waals surface area (Å²) in [5, 5.41) is 0.777. The summed E-state index contributed by atoms with van der Waals surface area (Å²) in [7, 11) is 0. The number of nitrogens with two attached hydrogens (primary N) is 1. The maximum Gasteiger partial charge on any atom is 0.0426 e. The number of benzene rings is 2. The van der Waals surface area contributed by atoms with Crippen molar-refractivity contribution in [1.82, 2.24) is 0 Å². The lowest BCUT2D eigenvalue weighted by Gasteiger charge is -2.25. The van der Waals surface area contributed by atoms with Crippen LogP contribution in [0.25, 0.3) is 0 Å². The first-order valence-corrected chi connectivity index (χ1v) is 7.46. The van der Waals surface area contributed by atoms with Gasteiger partial charge in [0, 0.05) is 30.3 Å². The van der Waals surface area contributed by atoms with E-state index in [1.165, 1.54) is 22.4 Å². The molecule has 3 rings (SSSR count). The Labute approximate surface area is 125 Å². The lowest BCUT2D eigenvalue weighted by Crippen LogP contribution is -2.27. The predicted molar refractivity (Wildman–Crippen MR) is 85.4 cm³/mol. The molecule has 0 unspecified atom stereocenters. The van der Waals surface area contributed by atoms with Crippen molar-refractivity contribution in [2.24, 2.45) is 5.73 Å². The number of fused-ring (bicyclic) bond motifs is 1. The topological polar surface area (TPSA) is 29.3 Å². The van der Waals surface area contributed by atoms with Crippen molar-refractivity contribution in [3.05, 3.63) is 64.2 Å². The molecule has 0 bridgehead atoms. The van der Waals surface area contributed by atoms with E-state index in [-0.39, 0.29) is 0 Å². The molecule has 1 aliphatic heterocycles. The number of halogens is 1. The molecule has 0 saturated heterocycles. The van der Waals surface area contributed by atoms with Gasteiger partial charge in [-0.05, 0) is 41.7 Å². The summed E-state index contributed by atoms with van der Waals surface area (Å²) in [5.74, 6) is 0. The third kappa shape index (κ3) is 2.67. The van der Waals surface area contributed by atoms with Crippen LogP contribution in [0.15, 0.2) is 42.5 Å². The molecule has 1 heterocycles. The Morgan fingerprint density at radius 1 is 1.00 bits per heavy atom. The van der Waals surface area contributed by atoms with E-state index in [0.29, 0.717) is 6.54 Å². The molecule has 3 heteroatoms. The maximum atomic E-state index is 6.16. The molecule has 0 fully saturated rings. The van der Waals surface area contributed by atoms with Crippen molar-refractivity contribution in [2.75, 3.05) is 18.0 Å². The molecular formula is C17H19ClN2. The van der Waals surface area contributed by atoms with Crippen LogP contribution in [0.5, 0.6) is 0 Å². The normalized spacial score (nSPS) is 14.8. The molecule has 0 radical (unpaired) electrons. The summed E-state index contributed by atoms with van der Waals surface area (Å²) in [6.45, 7) is 2.59. The van der Waals surface area contributed by atoms with E-state index in [1.807, 2.05) is 18.2 Å². The zero-order valence-corrected chi connectivity index (χ0v) is 12.2. The highest BCUT2D eigenvalue weighted by Crippen LogP contribution is 2.27. The highest BCUT2D eigenvalue weighted by Gasteiger charge is 2.16. The van der Waals surface area contributed by atoms with Crippen LogP contribution in [-0.2, 0) is 19.4 Å². The van der Waals surface area contributed by atoms with Crippen LogP contribution in [-0.4, -0.2) is 13.1 Å². The van der Waals surface area contributed by atoms with E-state index in [4.69, 9.17) is 17.3 Å². The Balaban J connectivity index is 1.88. The Kier molecular flexibility index (Phi) is 3.95. The number of hydrogen-bond acceptors (Lipinski definition) is 2. The molecule has 0 atom stereocenters. The van der Waals surface area contributed by atoms with Crippen LogP contribution >= 0.6 is 11.6 Å². The van der Waals surface area contributed by atoms with Gasteiger partial charge in [-0.3, -0.25) is 0 Å². The van der Waals surface area contributed by atoms with Crippen LogP contribution in [0.4, 0.5) is 5.69 Å². The van der Waals surface area contributed by atoms with Crippen LogP contribution in [0.2, 0.25) is 5.02 Å². The Morgan fingerprint density at radius 2 is 1.65 bits per heavy atom. The highest BCUT2D eigenvalue weighted by atomic mass is 35.5. The summed E-state index contributed by atoms with van der Waals surface area (Å²) in [4.78, 5) is 2.41. The van der Waals surface area contributed by atoms with Crippen molar-refractivity contribution in [3.8, 4) is 0 Å². The van der Waals surface area contributed by atoms with E-state index in [9.17, 15) is 0 Å². The fraction of sp³-hybridized carbons (Fsp3) is 0.294. The molecule has 2 aromatic rings. The average molecular weight is 287 g/mol. The summed E-state index contributed by atoms with van der Waals surface area (Å²) in [6, 6.07) is 14.7. The predicted octanol–water partition coefficient (Wildman–Crippen LogP) is 3.40. The zero-order valence-electron chi connectivity index (χ0n) is 11.5. The van der Waals surface area contributed by atoms with Crippen molar-refractivity contribution >= 4 is 17.3 Å². The number of nitrogens with zero attached hydrogens (tertiary/aromatic N) is 1. The molecule has 0 saturated carbocycles. The first kappa shape index (κ1) is 13.5. The molecule has 2 aromatic carbocycles. The minimum Gasteiger partial charge on any atom is -0.371 e. The number of anilines is 1. The third-order valence-electron chi connectivity index (χ3n) is 4.03. The number of rotatable bonds is 2. The molecule has 0 aromatic heterocycles. The van der Waals surface area contributed by atoms with E-state index < -0.39 is 0 Å². The van der Waals surface area contributed by atoms with E-state index in [2.05, 4.69) is 29.2 Å². The van der Waals surface area contributed by atoms with Gasteiger partial charge in [0.1, 0.15) is 0 Å². The Morgan fingerprint density at radius 3 is 2.25 bits per heavy atom. The molecule has 20 heavy (non-hydrogen) atoms. The fourth-order valence-corrected chi connectivity index (χ4v) is 3.08. The van der Waals surface area contributed by atoms with E-state index in [1.54, 1.807) is 0 Å². The first-order chi connectivity index (χ1) is 9.78. The molecule has 104 valence electrons.